The standard InChI is InChI=1S/C32H30O14/c1-11-10-17-21(26(39)22-15(34)7-8-18(36)31(22,45-17)29(41)43-3)24(37)19(11)13-5-6-14(33)20-25(38)23-16(35)9-12(2)28(40)32(23,30(42)44-4)46-27(13)20/h5-6,10,12,18,28,33,36-40H,7-9H2,1-4H3. The topological polar surface area (TPSA) is 227 Å². The first kappa shape index (κ1) is 30.9. The Morgan fingerprint density at radius 3 is 2.13 bits per heavy atom. The van der Waals surface area contributed by atoms with Gasteiger partial charge >= 0.3 is 11.9 Å². The van der Waals surface area contributed by atoms with Crippen molar-refractivity contribution in [1.29, 1.82) is 0 Å². The van der Waals surface area contributed by atoms with Crippen molar-refractivity contribution in [3.63, 3.8) is 0 Å². The van der Waals surface area contributed by atoms with Crippen LogP contribution in [0.4, 0.5) is 0 Å². The summed E-state index contributed by atoms with van der Waals surface area (Å²) in [6.45, 7) is 2.99. The lowest BCUT2D eigenvalue weighted by Gasteiger charge is -2.45. The van der Waals surface area contributed by atoms with Crippen LogP contribution in [0.2, 0.25) is 0 Å². The number of rotatable bonds is 3. The SMILES string of the molecule is COC(=O)C12Oc3cc(C)c(-c4ccc(O)c5c4OC4(C(=O)OC)C(=C5O)C(=O)CC(C)C4O)c(O)c3C(O)=C1C(=O)CCC2O. The van der Waals surface area contributed by atoms with Crippen molar-refractivity contribution in [2.45, 2.75) is 56.5 Å². The first-order valence-electron chi connectivity index (χ1n) is 14.3. The third-order valence-electron chi connectivity index (χ3n) is 9.20. The zero-order valence-corrected chi connectivity index (χ0v) is 25.0. The molecule has 6 rings (SSSR count). The highest BCUT2D eigenvalue weighted by atomic mass is 16.6. The molecular weight excluding hydrogens is 608 g/mol. The van der Waals surface area contributed by atoms with Gasteiger partial charge in [0.15, 0.2) is 11.6 Å². The summed E-state index contributed by atoms with van der Waals surface area (Å²) in [5, 5.41) is 67.6. The van der Waals surface area contributed by atoms with Gasteiger partial charge in [-0.3, -0.25) is 9.59 Å². The van der Waals surface area contributed by atoms with E-state index < -0.39 is 104 Å². The van der Waals surface area contributed by atoms with Gasteiger partial charge in [-0.1, -0.05) is 6.92 Å². The second-order valence-corrected chi connectivity index (χ2v) is 11.8. The molecule has 0 saturated heterocycles. The van der Waals surface area contributed by atoms with Crippen LogP contribution < -0.4 is 9.47 Å². The summed E-state index contributed by atoms with van der Waals surface area (Å²) < 4.78 is 21.8. The highest BCUT2D eigenvalue weighted by molar-refractivity contribution is 6.14. The van der Waals surface area contributed by atoms with E-state index in [-0.39, 0.29) is 41.7 Å². The Hall–Kier alpha value is -5.08. The summed E-state index contributed by atoms with van der Waals surface area (Å²) in [5.74, 6) is -8.37. The number of aliphatic hydroxyl groups is 4. The monoisotopic (exact) mass is 638 g/mol. The molecule has 6 N–H and O–H groups in total. The zero-order valence-electron chi connectivity index (χ0n) is 25.0. The number of aromatic hydroxyl groups is 2. The van der Waals surface area contributed by atoms with Crippen LogP contribution in [0.1, 0.15) is 42.9 Å². The summed E-state index contributed by atoms with van der Waals surface area (Å²) in [6.07, 6.45) is -3.97. The number of fused-ring (bicyclic) bond motifs is 4. The van der Waals surface area contributed by atoms with Crippen molar-refractivity contribution >= 4 is 35.0 Å². The zero-order chi connectivity index (χ0) is 33.6. The van der Waals surface area contributed by atoms with Crippen LogP contribution in [0.3, 0.4) is 0 Å². The van der Waals surface area contributed by atoms with Gasteiger partial charge in [0.1, 0.15) is 57.9 Å². The van der Waals surface area contributed by atoms with Crippen LogP contribution in [0.25, 0.3) is 22.6 Å². The van der Waals surface area contributed by atoms with Crippen LogP contribution in [0, 0.1) is 12.8 Å². The van der Waals surface area contributed by atoms with E-state index in [4.69, 9.17) is 18.9 Å². The quantitative estimate of drug-likeness (QED) is 0.264. The lowest BCUT2D eigenvalue weighted by Crippen LogP contribution is -2.64. The number of methoxy groups -OCH3 is 2. The molecule has 2 saturated carbocycles. The van der Waals surface area contributed by atoms with Crippen molar-refractivity contribution < 1.29 is 68.8 Å². The minimum atomic E-state index is -2.56. The average Bonchev–Trinajstić information content (AvgIpc) is 3.01. The largest absolute Gasteiger partial charge is 0.507 e. The third-order valence-corrected chi connectivity index (χ3v) is 9.20. The van der Waals surface area contributed by atoms with Gasteiger partial charge in [-0.15, -0.1) is 0 Å². The molecule has 0 radical (unpaired) electrons. The van der Waals surface area contributed by atoms with Crippen LogP contribution >= 0.6 is 0 Å². The number of Topliss-reactive ketones (excluding diaryl/α,β-unsaturated/α-hetero) is 2. The molecule has 0 amide bonds. The van der Waals surface area contributed by atoms with E-state index in [9.17, 15) is 49.8 Å². The van der Waals surface area contributed by atoms with Crippen LogP contribution in [0.15, 0.2) is 29.3 Å². The summed E-state index contributed by atoms with van der Waals surface area (Å²) in [6, 6.07) is 3.69. The molecule has 14 heteroatoms. The Kier molecular flexibility index (Phi) is 6.87. The second-order valence-electron chi connectivity index (χ2n) is 11.8. The number of carbonyl (C=O) groups is 4. The fourth-order valence-electron chi connectivity index (χ4n) is 7.03. The molecule has 5 atom stereocenters. The second kappa shape index (κ2) is 10.2. The molecule has 0 bridgehead atoms. The number of aliphatic hydroxyl groups excluding tert-OH is 4. The van der Waals surface area contributed by atoms with E-state index in [1.165, 1.54) is 26.0 Å². The number of ketones is 2. The van der Waals surface area contributed by atoms with E-state index in [1.807, 2.05) is 0 Å². The third kappa shape index (κ3) is 3.70. The molecular formula is C32H30O14. The lowest BCUT2D eigenvalue weighted by molar-refractivity contribution is -0.173. The predicted octanol–water partition coefficient (Wildman–Crippen LogP) is 1.91. The van der Waals surface area contributed by atoms with Crippen molar-refractivity contribution in [3.8, 4) is 34.1 Å². The Morgan fingerprint density at radius 1 is 0.870 bits per heavy atom. The minimum Gasteiger partial charge on any atom is -0.507 e. The first-order valence-corrected chi connectivity index (χ1v) is 14.3. The minimum absolute atomic E-state index is 0.0880. The molecule has 14 nitrogen and oxygen atoms in total. The van der Waals surface area contributed by atoms with Gasteiger partial charge in [0, 0.05) is 24.0 Å². The van der Waals surface area contributed by atoms with E-state index in [2.05, 4.69) is 0 Å². The maximum absolute atomic E-state index is 13.3. The molecule has 46 heavy (non-hydrogen) atoms. The number of phenols is 2. The summed E-state index contributed by atoms with van der Waals surface area (Å²) in [5.41, 5.74) is -7.06. The van der Waals surface area contributed by atoms with E-state index >= 15 is 0 Å². The summed E-state index contributed by atoms with van der Waals surface area (Å²) in [7, 11) is 2.02. The highest BCUT2D eigenvalue weighted by Gasteiger charge is 2.64. The van der Waals surface area contributed by atoms with Gasteiger partial charge in [-0.2, -0.15) is 0 Å². The Balaban J connectivity index is 1.65. The van der Waals surface area contributed by atoms with Crippen LogP contribution in [0.5, 0.6) is 23.0 Å². The Bertz CT molecular complexity index is 1840. The number of hydrogen-bond donors (Lipinski definition) is 6. The number of carbonyl (C=O) groups excluding carboxylic acids is 4. The maximum Gasteiger partial charge on any atom is 0.358 e. The van der Waals surface area contributed by atoms with Gasteiger partial charge in [-0.25, -0.2) is 9.59 Å². The Labute approximate surface area is 260 Å². The van der Waals surface area contributed by atoms with Gasteiger partial charge in [0.2, 0.25) is 0 Å². The fourth-order valence-corrected chi connectivity index (χ4v) is 7.03. The number of hydrogen-bond acceptors (Lipinski definition) is 14. The summed E-state index contributed by atoms with van der Waals surface area (Å²) in [4.78, 5) is 52.6. The van der Waals surface area contributed by atoms with Gasteiger partial charge in [0.25, 0.3) is 11.2 Å². The van der Waals surface area contributed by atoms with Gasteiger partial charge in [-0.05, 0) is 43.0 Å². The highest BCUT2D eigenvalue weighted by Crippen LogP contribution is 2.57. The van der Waals surface area contributed by atoms with Crippen molar-refractivity contribution in [2.24, 2.45) is 5.92 Å². The first-order chi connectivity index (χ1) is 21.7. The molecule has 4 aliphatic rings. The molecule has 2 heterocycles. The molecule has 2 aliphatic heterocycles. The van der Waals surface area contributed by atoms with E-state index in [0.717, 1.165) is 20.3 Å². The molecule has 2 fully saturated rings. The number of benzene rings is 2. The van der Waals surface area contributed by atoms with Crippen molar-refractivity contribution in [1.82, 2.24) is 0 Å². The molecule has 5 unspecified atom stereocenters. The smallest absolute Gasteiger partial charge is 0.358 e. The molecule has 2 aliphatic carbocycles. The predicted molar refractivity (Wildman–Crippen MR) is 155 cm³/mol. The lowest BCUT2D eigenvalue weighted by atomic mass is 9.69. The van der Waals surface area contributed by atoms with E-state index in [1.54, 1.807) is 0 Å². The van der Waals surface area contributed by atoms with Crippen LogP contribution in [-0.4, -0.2) is 91.8 Å². The van der Waals surface area contributed by atoms with E-state index in [0.29, 0.717) is 0 Å². The molecule has 2 aromatic carbocycles. The van der Waals surface area contributed by atoms with Crippen molar-refractivity contribution in [2.75, 3.05) is 14.2 Å². The molecule has 0 aromatic heterocycles. The number of aryl methyl sites for hydroxylation is 1. The fraction of sp³-hybridized carbons (Fsp3) is 0.375. The average molecular weight is 639 g/mol. The maximum atomic E-state index is 13.3. The Morgan fingerprint density at radius 2 is 1.48 bits per heavy atom. The van der Waals surface area contributed by atoms with Gasteiger partial charge < -0.3 is 49.6 Å². The number of phenolic OH excluding ortho intramolecular Hbond substituents is 2. The number of esters is 2. The van der Waals surface area contributed by atoms with Crippen LogP contribution in [-0.2, 0) is 28.7 Å². The molecule has 242 valence electrons. The van der Waals surface area contributed by atoms with Crippen molar-refractivity contribution in [3.05, 3.63) is 46.0 Å². The number of ether oxygens (including phenoxy) is 4. The molecule has 2 aromatic rings. The summed E-state index contributed by atoms with van der Waals surface area (Å²) >= 11 is 0. The molecule has 0 spiro atoms. The van der Waals surface area contributed by atoms with Gasteiger partial charge in [0.05, 0.1) is 25.4 Å². The normalized spacial score (nSPS) is 28.3.